The van der Waals surface area contributed by atoms with E-state index in [1.807, 2.05) is 6.07 Å². The van der Waals surface area contributed by atoms with Crippen LogP contribution in [-0.4, -0.2) is 49.1 Å². The second-order valence-corrected chi connectivity index (χ2v) is 5.83. The van der Waals surface area contributed by atoms with Crippen LogP contribution in [0.3, 0.4) is 0 Å². The maximum absolute atomic E-state index is 5.43. The lowest BCUT2D eigenvalue weighted by Gasteiger charge is -2.27. The second-order valence-electron chi connectivity index (χ2n) is 5.83. The molecule has 2 rings (SSSR count). The Morgan fingerprint density at radius 1 is 1.43 bits per heavy atom. The smallest absolute Gasteiger partial charge is 0.0555 e. The molecular formula is C18H27N3. The number of benzene rings is 1. The molecule has 1 aromatic carbocycles. The van der Waals surface area contributed by atoms with E-state index in [2.05, 4.69) is 53.8 Å². The molecule has 0 radical (unpaired) electrons. The Kier molecular flexibility index (Phi) is 6.25. The van der Waals surface area contributed by atoms with Gasteiger partial charge in [0.05, 0.1) is 6.54 Å². The highest BCUT2D eigenvalue weighted by molar-refractivity contribution is 5.37. The number of hydrogen-bond donors (Lipinski definition) is 1. The van der Waals surface area contributed by atoms with Crippen LogP contribution >= 0.6 is 0 Å². The normalized spacial score (nSPS) is 18.8. The van der Waals surface area contributed by atoms with Crippen LogP contribution in [0.4, 0.5) is 0 Å². The molecule has 1 aromatic rings. The van der Waals surface area contributed by atoms with Gasteiger partial charge in [-0.25, -0.2) is 0 Å². The molecule has 1 unspecified atom stereocenters. The van der Waals surface area contributed by atoms with E-state index in [0.717, 1.165) is 24.7 Å². The third-order valence-corrected chi connectivity index (χ3v) is 4.14. The maximum Gasteiger partial charge on any atom is 0.0555 e. The molecule has 1 aliphatic rings. The van der Waals surface area contributed by atoms with Crippen molar-refractivity contribution in [2.24, 2.45) is 5.73 Å². The van der Waals surface area contributed by atoms with Gasteiger partial charge in [-0.1, -0.05) is 30.9 Å². The minimum absolute atomic E-state index is 0.415. The van der Waals surface area contributed by atoms with E-state index >= 15 is 0 Å². The van der Waals surface area contributed by atoms with E-state index in [1.165, 1.54) is 31.5 Å². The Balaban J connectivity index is 1.91. The van der Waals surface area contributed by atoms with Crippen LogP contribution < -0.4 is 5.73 Å². The van der Waals surface area contributed by atoms with Crippen LogP contribution in [0, 0.1) is 11.8 Å². The summed E-state index contributed by atoms with van der Waals surface area (Å²) in [5, 5.41) is 0. The molecule has 1 atom stereocenters. The Morgan fingerprint density at radius 3 is 3.05 bits per heavy atom. The number of nitrogens with two attached hydrogens (primary N) is 1. The second kappa shape index (κ2) is 8.19. The van der Waals surface area contributed by atoms with Crippen LogP contribution in [-0.2, 0) is 6.54 Å². The lowest BCUT2D eigenvalue weighted by Crippen LogP contribution is -2.38. The average molecular weight is 285 g/mol. The molecule has 0 bridgehead atoms. The highest BCUT2D eigenvalue weighted by atomic mass is 15.2. The van der Waals surface area contributed by atoms with Crippen molar-refractivity contribution in [1.82, 2.24) is 9.80 Å². The van der Waals surface area contributed by atoms with Gasteiger partial charge in [-0.2, -0.15) is 0 Å². The van der Waals surface area contributed by atoms with Crippen molar-refractivity contribution in [3.63, 3.8) is 0 Å². The summed E-state index contributed by atoms with van der Waals surface area (Å²) < 4.78 is 0. The topological polar surface area (TPSA) is 32.5 Å². The van der Waals surface area contributed by atoms with E-state index in [1.54, 1.807) is 0 Å². The van der Waals surface area contributed by atoms with Gasteiger partial charge in [0, 0.05) is 24.7 Å². The molecule has 1 fully saturated rings. The summed E-state index contributed by atoms with van der Waals surface area (Å²) in [6, 6.07) is 9.20. The fourth-order valence-corrected chi connectivity index (χ4v) is 3.15. The zero-order valence-corrected chi connectivity index (χ0v) is 13.3. The first-order valence-corrected chi connectivity index (χ1v) is 7.93. The molecule has 0 saturated carbocycles. The molecule has 0 aromatic heterocycles. The monoisotopic (exact) mass is 285 g/mol. The zero-order chi connectivity index (χ0) is 15.1. The van der Waals surface area contributed by atoms with Gasteiger partial charge in [0.25, 0.3) is 0 Å². The van der Waals surface area contributed by atoms with Gasteiger partial charge in [0.1, 0.15) is 0 Å². The van der Waals surface area contributed by atoms with Crippen molar-refractivity contribution >= 4 is 0 Å². The van der Waals surface area contributed by atoms with Crippen molar-refractivity contribution < 1.29 is 0 Å². The number of likely N-dealkylation sites (N-methyl/N-ethyl adjacent to an activating group) is 2. The quantitative estimate of drug-likeness (QED) is 0.839. The van der Waals surface area contributed by atoms with Crippen LogP contribution in [0.2, 0.25) is 0 Å². The van der Waals surface area contributed by atoms with Crippen LogP contribution in [0.25, 0.3) is 0 Å². The van der Waals surface area contributed by atoms with E-state index < -0.39 is 0 Å². The van der Waals surface area contributed by atoms with E-state index in [4.69, 9.17) is 5.73 Å². The predicted molar refractivity (Wildman–Crippen MR) is 89.0 cm³/mol. The number of likely N-dealkylation sites (tertiary alicyclic amines) is 1. The van der Waals surface area contributed by atoms with E-state index in [0.29, 0.717) is 6.54 Å². The molecule has 114 valence electrons. The summed E-state index contributed by atoms with van der Waals surface area (Å²) in [6.07, 6.45) is 2.68. The third-order valence-electron chi connectivity index (χ3n) is 4.14. The summed E-state index contributed by atoms with van der Waals surface area (Å²) in [6.45, 7) is 7.23. The molecule has 1 heterocycles. The molecule has 21 heavy (non-hydrogen) atoms. The highest BCUT2D eigenvalue weighted by Crippen LogP contribution is 2.18. The Labute approximate surface area is 129 Å². The summed E-state index contributed by atoms with van der Waals surface area (Å²) >= 11 is 0. The first-order valence-electron chi connectivity index (χ1n) is 7.93. The number of rotatable bonds is 5. The lowest BCUT2D eigenvalue weighted by atomic mass is 10.1. The first kappa shape index (κ1) is 16.0. The molecule has 0 spiro atoms. The molecule has 0 aliphatic carbocycles. The Hall–Kier alpha value is -1.34. The standard InChI is InChI=1S/C18H27N3/c1-3-21-12-6-10-18(21)15-20(2)14-17-8-4-7-16(13-17)9-5-11-19/h4,7-8,13,18H,3,6,10-12,14-15,19H2,1-2H3. The molecule has 1 saturated heterocycles. The lowest BCUT2D eigenvalue weighted by molar-refractivity contribution is 0.195. The van der Waals surface area contributed by atoms with Crippen LogP contribution in [0.15, 0.2) is 24.3 Å². The molecular weight excluding hydrogens is 258 g/mol. The summed E-state index contributed by atoms with van der Waals surface area (Å²) in [7, 11) is 2.21. The van der Waals surface area contributed by atoms with E-state index in [-0.39, 0.29) is 0 Å². The van der Waals surface area contributed by atoms with Gasteiger partial charge in [-0.15, -0.1) is 0 Å². The van der Waals surface area contributed by atoms with Crippen molar-refractivity contribution in [2.45, 2.75) is 32.4 Å². The van der Waals surface area contributed by atoms with Crippen LogP contribution in [0.1, 0.15) is 30.9 Å². The fourth-order valence-electron chi connectivity index (χ4n) is 3.15. The van der Waals surface area contributed by atoms with Crippen LogP contribution in [0.5, 0.6) is 0 Å². The van der Waals surface area contributed by atoms with Crippen molar-refractivity contribution in [3.05, 3.63) is 35.4 Å². The average Bonchev–Trinajstić information content (AvgIpc) is 2.92. The maximum atomic E-state index is 5.43. The Morgan fingerprint density at radius 2 is 2.29 bits per heavy atom. The zero-order valence-electron chi connectivity index (χ0n) is 13.3. The van der Waals surface area contributed by atoms with Gasteiger partial charge in [-0.3, -0.25) is 4.90 Å². The predicted octanol–water partition coefficient (Wildman–Crippen LogP) is 1.91. The summed E-state index contributed by atoms with van der Waals surface area (Å²) in [5.41, 5.74) is 7.81. The Bertz CT molecular complexity index is 501. The molecule has 3 nitrogen and oxygen atoms in total. The molecule has 2 N–H and O–H groups in total. The highest BCUT2D eigenvalue weighted by Gasteiger charge is 2.23. The van der Waals surface area contributed by atoms with Gasteiger partial charge >= 0.3 is 0 Å². The molecule has 3 heteroatoms. The van der Waals surface area contributed by atoms with E-state index in [9.17, 15) is 0 Å². The fraction of sp³-hybridized carbons (Fsp3) is 0.556. The SMILES string of the molecule is CCN1CCCC1CN(C)Cc1cccc(C#CCN)c1. The van der Waals surface area contributed by atoms with Gasteiger partial charge in [0.15, 0.2) is 0 Å². The minimum Gasteiger partial charge on any atom is -0.320 e. The summed E-state index contributed by atoms with van der Waals surface area (Å²) in [4.78, 5) is 5.02. The minimum atomic E-state index is 0.415. The molecule has 0 amide bonds. The van der Waals surface area contributed by atoms with Gasteiger partial charge < -0.3 is 10.6 Å². The number of hydrogen-bond acceptors (Lipinski definition) is 3. The third kappa shape index (κ3) is 4.86. The number of nitrogens with zero attached hydrogens (tertiary/aromatic N) is 2. The van der Waals surface area contributed by atoms with Gasteiger partial charge in [-0.05, 0) is 50.7 Å². The van der Waals surface area contributed by atoms with Crippen molar-refractivity contribution in [2.75, 3.05) is 33.2 Å². The summed E-state index contributed by atoms with van der Waals surface area (Å²) in [5.74, 6) is 6.02. The molecule has 1 aliphatic heterocycles. The first-order chi connectivity index (χ1) is 10.2. The van der Waals surface area contributed by atoms with Crippen molar-refractivity contribution in [3.8, 4) is 11.8 Å². The van der Waals surface area contributed by atoms with Gasteiger partial charge in [0.2, 0.25) is 0 Å². The van der Waals surface area contributed by atoms with Crippen molar-refractivity contribution in [1.29, 1.82) is 0 Å². The largest absolute Gasteiger partial charge is 0.320 e.